The van der Waals surface area contributed by atoms with Crippen LogP contribution in [0.3, 0.4) is 0 Å². The van der Waals surface area contributed by atoms with Crippen molar-refractivity contribution in [1.82, 2.24) is 9.62 Å². The van der Waals surface area contributed by atoms with E-state index in [1.54, 1.807) is 48.4 Å². The fraction of sp³-hybridized carbons (Fsp3) is 0.217. The lowest BCUT2D eigenvalue weighted by molar-refractivity contribution is -0.122. The van der Waals surface area contributed by atoms with Crippen LogP contribution in [0.1, 0.15) is 15.2 Å². The van der Waals surface area contributed by atoms with E-state index >= 15 is 0 Å². The van der Waals surface area contributed by atoms with Gasteiger partial charge in [0.05, 0.1) is 25.1 Å². The molecule has 0 spiro atoms. The molecule has 1 saturated heterocycles. The minimum Gasteiger partial charge on any atom is -0.497 e. The first-order valence-electron chi connectivity index (χ1n) is 10.2. The molecule has 0 atom stereocenters. The molecule has 1 fully saturated rings. The first-order valence-corrected chi connectivity index (χ1v) is 12.6. The molecule has 0 radical (unpaired) electrons. The summed E-state index contributed by atoms with van der Waals surface area (Å²) in [6.45, 7) is 0.536. The SMILES string of the molecule is COc1ccc(N(Cc2cccs2)C(=O)c2cccc(S(=O)(=O)N3CCNC(=O)C3)c2)cc1. The van der Waals surface area contributed by atoms with Crippen molar-refractivity contribution < 1.29 is 22.7 Å². The largest absolute Gasteiger partial charge is 0.497 e. The number of rotatable bonds is 7. The highest BCUT2D eigenvalue weighted by Crippen LogP contribution is 2.26. The molecule has 1 aliphatic rings. The summed E-state index contributed by atoms with van der Waals surface area (Å²) < 4.78 is 32.5. The van der Waals surface area contributed by atoms with Crippen molar-refractivity contribution in [2.75, 3.05) is 31.6 Å². The molecule has 10 heteroatoms. The van der Waals surface area contributed by atoms with Crippen molar-refractivity contribution in [3.63, 3.8) is 0 Å². The van der Waals surface area contributed by atoms with Gasteiger partial charge in [0.2, 0.25) is 15.9 Å². The summed E-state index contributed by atoms with van der Waals surface area (Å²) in [6, 6.07) is 16.9. The van der Waals surface area contributed by atoms with Gasteiger partial charge in [-0.1, -0.05) is 12.1 Å². The van der Waals surface area contributed by atoms with E-state index in [-0.39, 0.29) is 41.9 Å². The Morgan fingerprint density at radius 2 is 1.94 bits per heavy atom. The van der Waals surface area contributed by atoms with Crippen LogP contribution in [0.2, 0.25) is 0 Å². The number of piperazine rings is 1. The molecule has 1 aromatic heterocycles. The van der Waals surface area contributed by atoms with Gasteiger partial charge in [-0.3, -0.25) is 9.59 Å². The molecule has 2 amide bonds. The lowest BCUT2D eigenvalue weighted by atomic mass is 10.1. The Labute approximate surface area is 196 Å². The molecule has 0 saturated carbocycles. The Bertz CT molecular complexity index is 1240. The number of sulfonamides is 1. The summed E-state index contributed by atoms with van der Waals surface area (Å²) in [6.07, 6.45) is 0. The van der Waals surface area contributed by atoms with Crippen molar-refractivity contribution in [3.05, 3.63) is 76.5 Å². The molecule has 0 aliphatic carbocycles. The van der Waals surface area contributed by atoms with Crippen LogP contribution in [-0.4, -0.2) is 51.3 Å². The van der Waals surface area contributed by atoms with Crippen molar-refractivity contribution in [2.24, 2.45) is 0 Å². The van der Waals surface area contributed by atoms with Crippen LogP contribution >= 0.6 is 11.3 Å². The standard InChI is InChI=1S/C23H23N3O5S2/c1-31-19-9-7-18(8-10-19)26(15-20-5-3-13-32-20)23(28)17-4-2-6-21(14-17)33(29,30)25-12-11-24-22(27)16-25/h2-10,13-14H,11-12,15-16H2,1H3,(H,24,27). The first-order chi connectivity index (χ1) is 15.9. The number of nitrogens with zero attached hydrogens (tertiary/aromatic N) is 2. The highest BCUT2D eigenvalue weighted by molar-refractivity contribution is 7.89. The number of carbonyl (C=O) groups is 2. The van der Waals surface area contributed by atoms with Gasteiger partial charge in [0.1, 0.15) is 5.75 Å². The number of methoxy groups -OCH3 is 1. The minimum atomic E-state index is -3.91. The van der Waals surface area contributed by atoms with Crippen molar-refractivity contribution in [1.29, 1.82) is 0 Å². The van der Waals surface area contributed by atoms with E-state index in [9.17, 15) is 18.0 Å². The number of nitrogens with one attached hydrogen (secondary N) is 1. The number of carbonyl (C=O) groups excluding carboxylic acids is 2. The van der Waals surface area contributed by atoms with Gasteiger partial charge in [0.25, 0.3) is 5.91 Å². The fourth-order valence-corrected chi connectivity index (χ4v) is 5.65. The minimum absolute atomic E-state index is 0.0196. The van der Waals surface area contributed by atoms with Gasteiger partial charge in [-0.2, -0.15) is 4.31 Å². The number of anilines is 1. The highest BCUT2D eigenvalue weighted by atomic mass is 32.2. The molecule has 3 aromatic rings. The van der Waals surface area contributed by atoms with Crippen molar-refractivity contribution in [2.45, 2.75) is 11.4 Å². The topological polar surface area (TPSA) is 96.0 Å². The summed E-state index contributed by atoms with van der Waals surface area (Å²) in [7, 11) is -2.34. The smallest absolute Gasteiger partial charge is 0.258 e. The average molecular weight is 486 g/mol. The van der Waals surface area contributed by atoms with Gasteiger partial charge < -0.3 is 15.0 Å². The first kappa shape index (κ1) is 23.0. The maximum atomic E-state index is 13.6. The van der Waals surface area contributed by atoms with Crippen LogP contribution in [0.5, 0.6) is 5.75 Å². The third-order valence-electron chi connectivity index (χ3n) is 5.25. The second-order valence-corrected chi connectivity index (χ2v) is 10.4. The number of thiophene rings is 1. The molecule has 4 rings (SSSR count). The second kappa shape index (κ2) is 9.74. The third kappa shape index (κ3) is 5.08. The average Bonchev–Trinajstić information content (AvgIpc) is 3.36. The van der Waals surface area contributed by atoms with Gasteiger partial charge in [-0.15, -0.1) is 11.3 Å². The monoisotopic (exact) mass is 485 g/mol. The van der Waals surface area contributed by atoms with E-state index in [4.69, 9.17) is 4.74 Å². The number of hydrogen-bond donors (Lipinski definition) is 1. The Morgan fingerprint density at radius 1 is 1.15 bits per heavy atom. The van der Waals surface area contributed by atoms with Gasteiger partial charge in [-0.25, -0.2) is 8.42 Å². The van der Waals surface area contributed by atoms with Crippen LogP contribution in [0, 0.1) is 0 Å². The normalized spacial score (nSPS) is 14.5. The maximum Gasteiger partial charge on any atom is 0.258 e. The van der Waals surface area contributed by atoms with Gasteiger partial charge in [0, 0.05) is 29.2 Å². The summed E-state index contributed by atoms with van der Waals surface area (Å²) in [5.74, 6) is -0.0124. The summed E-state index contributed by atoms with van der Waals surface area (Å²) in [5, 5.41) is 4.55. The quantitative estimate of drug-likeness (QED) is 0.555. The number of hydrogen-bond acceptors (Lipinski definition) is 6. The number of benzene rings is 2. The Hall–Kier alpha value is -3.21. The molecular formula is C23H23N3O5S2. The Kier molecular flexibility index (Phi) is 6.77. The molecule has 33 heavy (non-hydrogen) atoms. The summed E-state index contributed by atoms with van der Waals surface area (Å²) >= 11 is 1.53. The molecule has 2 aromatic carbocycles. The van der Waals surface area contributed by atoms with E-state index in [2.05, 4.69) is 5.32 Å². The zero-order valence-electron chi connectivity index (χ0n) is 17.9. The van der Waals surface area contributed by atoms with Crippen LogP contribution < -0.4 is 15.0 Å². The lowest BCUT2D eigenvalue weighted by Crippen LogP contribution is -2.49. The molecule has 2 heterocycles. The van der Waals surface area contributed by atoms with Crippen LogP contribution in [0.25, 0.3) is 0 Å². The van der Waals surface area contributed by atoms with E-state index in [0.29, 0.717) is 18.0 Å². The zero-order chi connectivity index (χ0) is 23.4. The predicted octanol–water partition coefficient (Wildman–Crippen LogP) is 2.72. The Morgan fingerprint density at radius 3 is 2.61 bits per heavy atom. The van der Waals surface area contributed by atoms with Crippen molar-refractivity contribution in [3.8, 4) is 5.75 Å². The van der Waals surface area contributed by atoms with Gasteiger partial charge in [-0.05, 0) is 53.9 Å². The number of amides is 2. The van der Waals surface area contributed by atoms with Crippen LogP contribution in [0.4, 0.5) is 5.69 Å². The maximum absolute atomic E-state index is 13.6. The van der Waals surface area contributed by atoms with Crippen LogP contribution in [0.15, 0.2) is 70.9 Å². The molecular weight excluding hydrogens is 462 g/mol. The van der Waals surface area contributed by atoms with Crippen LogP contribution in [-0.2, 0) is 21.4 Å². The number of ether oxygens (including phenoxy) is 1. The van der Waals surface area contributed by atoms with Gasteiger partial charge in [0.15, 0.2) is 0 Å². The fourth-order valence-electron chi connectivity index (χ4n) is 3.52. The predicted molar refractivity (Wildman–Crippen MR) is 126 cm³/mol. The van der Waals surface area contributed by atoms with E-state index in [1.165, 1.54) is 23.5 Å². The highest BCUT2D eigenvalue weighted by Gasteiger charge is 2.30. The molecule has 1 N–H and O–H groups in total. The van der Waals surface area contributed by atoms with Crippen molar-refractivity contribution >= 4 is 38.9 Å². The molecule has 172 valence electrons. The summed E-state index contributed by atoms with van der Waals surface area (Å²) in [5.41, 5.74) is 0.903. The van der Waals surface area contributed by atoms with E-state index in [1.807, 2.05) is 17.5 Å². The van der Waals surface area contributed by atoms with E-state index < -0.39 is 10.0 Å². The zero-order valence-corrected chi connectivity index (χ0v) is 19.6. The molecule has 1 aliphatic heterocycles. The molecule has 8 nitrogen and oxygen atoms in total. The second-order valence-electron chi connectivity index (χ2n) is 7.39. The summed E-state index contributed by atoms with van der Waals surface area (Å²) in [4.78, 5) is 27.8. The Balaban J connectivity index is 1.66. The van der Waals surface area contributed by atoms with E-state index in [0.717, 1.165) is 9.18 Å². The third-order valence-corrected chi connectivity index (χ3v) is 7.95. The molecule has 0 unspecified atom stereocenters. The molecule has 0 bridgehead atoms. The lowest BCUT2D eigenvalue weighted by Gasteiger charge is -2.26. The van der Waals surface area contributed by atoms with Gasteiger partial charge >= 0.3 is 0 Å².